The van der Waals surface area contributed by atoms with Crippen molar-refractivity contribution in [1.29, 1.82) is 0 Å². The molecule has 2 N–H and O–H groups in total. The summed E-state index contributed by atoms with van der Waals surface area (Å²) in [7, 11) is 1.62. The van der Waals surface area contributed by atoms with E-state index in [1.807, 2.05) is 29.7 Å². The molecular weight excluding hydrogens is 222 g/mol. The number of nitrogens with zero attached hydrogens (tertiary/aromatic N) is 1. The lowest BCUT2D eigenvalue weighted by Crippen LogP contribution is -2.23. The summed E-state index contributed by atoms with van der Waals surface area (Å²) in [5.74, 6) is -0.0553. The molecule has 0 aliphatic heterocycles. The summed E-state index contributed by atoms with van der Waals surface area (Å²) in [6.45, 7) is 2.26. The molecule has 4 nitrogen and oxygen atoms in total. The quantitative estimate of drug-likeness (QED) is 0.779. The van der Waals surface area contributed by atoms with Gasteiger partial charge in [0.15, 0.2) is 4.77 Å². The van der Waals surface area contributed by atoms with Crippen molar-refractivity contribution in [2.24, 2.45) is 0 Å². The molecule has 1 aromatic carbocycles. The fourth-order valence-corrected chi connectivity index (χ4v) is 2.04. The van der Waals surface area contributed by atoms with Gasteiger partial charge in [-0.2, -0.15) is 0 Å². The highest BCUT2D eigenvalue weighted by atomic mass is 32.1. The minimum absolute atomic E-state index is 0.0553. The van der Waals surface area contributed by atoms with Crippen molar-refractivity contribution in [3.05, 3.63) is 28.5 Å². The number of fused-ring (bicyclic) bond motifs is 1. The van der Waals surface area contributed by atoms with Gasteiger partial charge in [-0.05, 0) is 30.8 Å². The normalized spacial score (nSPS) is 10.6. The van der Waals surface area contributed by atoms with Crippen LogP contribution in [0, 0.1) is 11.7 Å². The molecular formula is C11H13N3OS. The van der Waals surface area contributed by atoms with E-state index in [4.69, 9.17) is 12.2 Å². The monoisotopic (exact) mass is 235 g/mol. The fourth-order valence-electron chi connectivity index (χ4n) is 1.78. The van der Waals surface area contributed by atoms with Gasteiger partial charge in [-0.15, -0.1) is 0 Å². The van der Waals surface area contributed by atoms with Gasteiger partial charge < -0.3 is 14.9 Å². The third-order valence-electron chi connectivity index (χ3n) is 2.57. The van der Waals surface area contributed by atoms with Gasteiger partial charge in [-0.3, -0.25) is 4.79 Å². The number of carbonyl (C=O) groups is 1. The Morgan fingerprint density at radius 1 is 1.56 bits per heavy atom. The Labute approximate surface area is 98.3 Å². The minimum Gasteiger partial charge on any atom is -0.358 e. The van der Waals surface area contributed by atoms with E-state index < -0.39 is 0 Å². The Morgan fingerprint density at radius 2 is 2.31 bits per heavy atom. The maximum absolute atomic E-state index is 11.4. The number of imidazole rings is 1. The fraction of sp³-hybridized carbons (Fsp3) is 0.273. The Balaban J connectivity index is 2.64. The van der Waals surface area contributed by atoms with Gasteiger partial charge in [0.1, 0.15) is 6.54 Å². The lowest BCUT2D eigenvalue weighted by Gasteiger charge is -2.05. The van der Waals surface area contributed by atoms with E-state index in [-0.39, 0.29) is 12.5 Å². The zero-order valence-electron chi connectivity index (χ0n) is 9.20. The highest BCUT2D eigenvalue weighted by Gasteiger charge is 2.09. The predicted molar refractivity (Wildman–Crippen MR) is 65.9 cm³/mol. The molecule has 2 aromatic rings. The van der Waals surface area contributed by atoms with E-state index in [9.17, 15) is 4.79 Å². The first-order valence-corrected chi connectivity index (χ1v) is 5.43. The van der Waals surface area contributed by atoms with Gasteiger partial charge in [-0.25, -0.2) is 0 Å². The van der Waals surface area contributed by atoms with Crippen LogP contribution in [0.1, 0.15) is 5.56 Å². The van der Waals surface area contributed by atoms with E-state index >= 15 is 0 Å². The van der Waals surface area contributed by atoms with Crippen LogP contribution in [-0.2, 0) is 11.3 Å². The molecule has 0 bridgehead atoms. The number of likely N-dealkylation sites (N-methyl/N-ethyl adjacent to an activating group) is 1. The number of aromatic nitrogens is 2. The standard InChI is InChI=1S/C11H13N3OS/c1-7-4-3-5-8-10(7)14(11(16)13-8)6-9(15)12-2/h3-5H,6H2,1-2H3,(H,12,15)(H,13,16). The topological polar surface area (TPSA) is 49.8 Å². The number of hydrogen-bond donors (Lipinski definition) is 2. The maximum Gasteiger partial charge on any atom is 0.239 e. The van der Waals surface area contributed by atoms with Crippen LogP contribution in [0.15, 0.2) is 18.2 Å². The van der Waals surface area contributed by atoms with E-state index in [0.29, 0.717) is 4.77 Å². The van der Waals surface area contributed by atoms with Crippen LogP contribution in [0.5, 0.6) is 0 Å². The molecule has 0 aliphatic rings. The second kappa shape index (κ2) is 4.09. The molecule has 1 amide bonds. The van der Waals surface area contributed by atoms with Crippen molar-refractivity contribution in [2.45, 2.75) is 13.5 Å². The minimum atomic E-state index is -0.0553. The highest BCUT2D eigenvalue weighted by Crippen LogP contribution is 2.17. The molecule has 0 atom stereocenters. The number of aryl methyl sites for hydroxylation is 1. The second-order valence-electron chi connectivity index (χ2n) is 3.66. The van der Waals surface area contributed by atoms with E-state index in [0.717, 1.165) is 16.6 Å². The predicted octanol–water partition coefficient (Wildman–Crippen LogP) is 1.75. The third kappa shape index (κ3) is 1.74. The lowest BCUT2D eigenvalue weighted by atomic mass is 10.2. The Kier molecular flexibility index (Phi) is 2.78. The molecule has 1 aromatic heterocycles. The van der Waals surface area contributed by atoms with Gasteiger partial charge in [0, 0.05) is 7.05 Å². The second-order valence-corrected chi connectivity index (χ2v) is 4.05. The Bertz CT molecular complexity index is 597. The zero-order chi connectivity index (χ0) is 11.7. The van der Waals surface area contributed by atoms with Crippen molar-refractivity contribution >= 4 is 29.2 Å². The molecule has 84 valence electrons. The number of hydrogen-bond acceptors (Lipinski definition) is 2. The third-order valence-corrected chi connectivity index (χ3v) is 2.90. The van der Waals surface area contributed by atoms with Crippen LogP contribution in [0.2, 0.25) is 0 Å². The van der Waals surface area contributed by atoms with E-state index in [1.54, 1.807) is 7.05 Å². The number of carbonyl (C=O) groups excluding carboxylic acids is 1. The number of nitrogens with one attached hydrogen (secondary N) is 2. The summed E-state index contributed by atoms with van der Waals surface area (Å²) in [5, 5.41) is 2.59. The largest absolute Gasteiger partial charge is 0.358 e. The number of benzene rings is 1. The van der Waals surface area contributed by atoms with Gasteiger partial charge in [0.05, 0.1) is 11.0 Å². The molecule has 0 saturated carbocycles. The van der Waals surface area contributed by atoms with Crippen LogP contribution < -0.4 is 5.32 Å². The van der Waals surface area contributed by atoms with Crippen molar-refractivity contribution in [3.63, 3.8) is 0 Å². The van der Waals surface area contributed by atoms with Crippen LogP contribution in [0.3, 0.4) is 0 Å². The summed E-state index contributed by atoms with van der Waals surface area (Å²) in [6, 6.07) is 5.93. The van der Waals surface area contributed by atoms with Crippen LogP contribution in [0.25, 0.3) is 11.0 Å². The number of aromatic amines is 1. The summed E-state index contributed by atoms with van der Waals surface area (Å²) < 4.78 is 2.40. The van der Waals surface area contributed by atoms with E-state index in [1.165, 1.54) is 0 Å². The number of H-pyrrole nitrogens is 1. The molecule has 0 fully saturated rings. The number of para-hydroxylation sites is 1. The van der Waals surface area contributed by atoms with Gasteiger partial charge in [-0.1, -0.05) is 12.1 Å². The summed E-state index contributed by atoms with van der Waals surface area (Å²) in [6.07, 6.45) is 0. The molecule has 16 heavy (non-hydrogen) atoms. The molecule has 2 rings (SSSR count). The highest BCUT2D eigenvalue weighted by molar-refractivity contribution is 7.71. The number of amides is 1. The van der Waals surface area contributed by atoms with Crippen LogP contribution in [-0.4, -0.2) is 22.5 Å². The number of rotatable bonds is 2. The molecule has 1 heterocycles. The average Bonchev–Trinajstić information content (AvgIpc) is 2.56. The molecule has 0 unspecified atom stereocenters. The first kappa shape index (κ1) is 10.9. The van der Waals surface area contributed by atoms with Crippen LogP contribution in [0.4, 0.5) is 0 Å². The van der Waals surface area contributed by atoms with Gasteiger partial charge >= 0.3 is 0 Å². The maximum atomic E-state index is 11.4. The molecule has 0 aliphatic carbocycles. The zero-order valence-corrected chi connectivity index (χ0v) is 10.0. The lowest BCUT2D eigenvalue weighted by molar-refractivity contribution is -0.121. The molecule has 0 saturated heterocycles. The van der Waals surface area contributed by atoms with Crippen molar-refractivity contribution in [2.75, 3.05) is 7.05 Å². The van der Waals surface area contributed by atoms with Crippen molar-refractivity contribution in [3.8, 4) is 0 Å². The average molecular weight is 235 g/mol. The van der Waals surface area contributed by atoms with Crippen LogP contribution >= 0.6 is 12.2 Å². The summed E-state index contributed by atoms with van der Waals surface area (Å²) >= 11 is 5.21. The van der Waals surface area contributed by atoms with Crippen molar-refractivity contribution < 1.29 is 4.79 Å². The Hall–Kier alpha value is -1.62. The van der Waals surface area contributed by atoms with E-state index in [2.05, 4.69) is 10.3 Å². The van der Waals surface area contributed by atoms with Crippen molar-refractivity contribution in [1.82, 2.24) is 14.9 Å². The summed E-state index contributed by atoms with van der Waals surface area (Å²) in [5.41, 5.74) is 3.07. The molecule has 0 spiro atoms. The van der Waals surface area contributed by atoms with Gasteiger partial charge in [0.25, 0.3) is 0 Å². The molecule has 0 radical (unpaired) electrons. The SMILES string of the molecule is CNC(=O)Cn1c(=S)[nH]c2cccc(C)c21. The first-order chi connectivity index (χ1) is 7.63. The first-order valence-electron chi connectivity index (χ1n) is 5.02. The Morgan fingerprint density at radius 3 is 3.00 bits per heavy atom. The smallest absolute Gasteiger partial charge is 0.239 e. The van der Waals surface area contributed by atoms with Gasteiger partial charge in [0.2, 0.25) is 5.91 Å². The molecule has 5 heteroatoms. The summed E-state index contributed by atoms with van der Waals surface area (Å²) in [4.78, 5) is 14.5.